The summed E-state index contributed by atoms with van der Waals surface area (Å²) in [6, 6.07) is 0. The Morgan fingerprint density at radius 1 is 0.667 bits per heavy atom. The van der Waals surface area contributed by atoms with Gasteiger partial charge in [-0.1, -0.05) is 0 Å². The Kier molecular flexibility index (Phi) is 2.28. The lowest BCUT2D eigenvalue weighted by atomic mass is 10.1. The van der Waals surface area contributed by atoms with E-state index in [9.17, 15) is 39.9 Å². The molecular formula is C9F8O. The van der Waals surface area contributed by atoms with Gasteiger partial charge in [-0.2, -0.15) is 17.6 Å². The van der Waals surface area contributed by atoms with Crippen molar-refractivity contribution in [2.24, 2.45) is 0 Å². The summed E-state index contributed by atoms with van der Waals surface area (Å²) < 4.78 is 103. The van der Waals surface area contributed by atoms with Gasteiger partial charge in [0.05, 0.1) is 11.1 Å². The van der Waals surface area contributed by atoms with Crippen LogP contribution in [0.4, 0.5) is 35.1 Å². The van der Waals surface area contributed by atoms with Gasteiger partial charge in [0.1, 0.15) is 0 Å². The van der Waals surface area contributed by atoms with Crippen molar-refractivity contribution in [2.75, 3.05) is 0 Å². The van der Waals surface area contributed by atoms with Gasteiger partial charge in [-0.3, -0.25) is 4.79 Å². The van der Waals surface area contributed by atoms with E-state index in [4.69, 9.17) is 0 Å². The zero-order valence-corrected chi connectivity index (χ0v) is 7.93. The lowest BCUT2D eigenvalue weighted by molar-refractivity contribution is -0.178. The molecular weight excluding hydrogens is 276 g/mol. The first-order valence-corrected chi connectivity index (χ1v) is 4.22. The second-order valence-electron chi connectivity index (χ2n) is 3.48. The number of halogens is 8. The molecule has 0 N–H and O–H groups in total. The summed E-state index contributed by atoms with van der Waals surface area (Å²) >= 11 is 0. The summed E-state index contributed by atoms with van der Waals surface area (Å²) in [5, 5.41) is 0. The third kappa shape index (κ3) is 1.14. The van der Waals surface area contributed by atoms with Gasteiger partial charge >= 0.3 is 11.8 Å². The second kappa shape index (κ2) is 3.21. The molecule has 1 nitrogen and oxygen atoms in total. The standard InChI is InChI=1S/C9F8O/c10-3-1-2(4(11)6(13)5(3)12)8(14,15)9(16,17)7(1)18. The maximum absolute atomic E-state index is 13.1. The minimum absolute atomic E-state index is 2.17. The maximum atomic E-state index is 13.1. The number of carbonyl (C=O) groups excluding carboxylic acids is 1. The minimum atomic E-state index is -5.46. The van der Waals surface area contributed by atoms with Crippen molar-refractivity contribution >= 4 is 5.78 Å². The van der Waals surface area contributed by atoms with Gasteiger partial charge < -0.3 is 0 Å². The van der Waals surface area contributed by atoms with Crippen LogP contribution in [0.2, 0.25) is 0 Å². The molecule has 0 atom stereocenters. The third-order valence-electron chi connectivity index (χ3n) is 2.49. The molecule has 98 valence electrons. The number of ketones is 1. The summed E-state index contributed by atoms with van der Waals surface area (Å²) in [5.41, 5.74) is -4.63. The average molecular weight is 276 g/mol. The Hall–Kier alpha value is -1.67. The highest BCUT2D eigenvalue weighted by molar-refractivity contribution is 6.07. The predicted molar refractivity (Wildman–Crippen MR) is 39.4 cm³/mol. The Labute approximate surface area is 93.0 Å². The van der Waals surface area contributed by atoms with Crippen LogP contribution < -0.4 is 0 Å². The molecule has 1 aromatic rings. The molecule has 1 aliphatic rings. The number of alkyl halides is 4. The van der Waals surface area contributed by atoms with Crippen LogP contribution in [0.15, 0.2) is 0 Å². The van der Waals surface area contributed by atoms with E-state index < -0.39 is 52.0 Å². The number of fused-ring (bicyclic) bond motifs is 1. The van der Waals surface area contributed by atoms with E-state index in [0.717, 1.165) is 0 Å². The van der Waals surface area contributed by atoms with Gasteiger partial charge in [-0.05, 0) is 0 Å². The van der Waals surface area contributed by atoms with Crippen LogP contribution in [-0.4, -0.2) is 11.7 Å². The summed E-state index contributed by atoms with van der Waals surface area (Å²) in [7, 11) is 0. The average Bonchev–Trinajstić information content (AvgIpc) is 2.41. The van der Waals surface area contributed by atoms with Crippen molar-refractivity contribution in [2.45, 2.75) is 11.8 Å². The Bertz CT molecular complexity index is 577. The fourth-order valence-corrected chi connectivity index (χ4v) is 1.60. The SMILES string of the molecule is O=C1c2c(F)c(F)c(F)c(F)c2C(F)(F)C1(F)F. The van der Waals surface area contributed by atoms with Gasteiger partial charge in [0.2, 0.25) is 5.78 Å². The van der Waals surface area contributed by atoms with Gasteiger partial charge in [-0.15, -0.1) is 0 Å². The van der Waals surface area contributed by atoms with Crippen LogP contribution >= 0.6 is 0 Å². The normalized spacial score (nSPS) is 20.1. The van der Waals surface area contributed by atoms with Crippen molar-refractivity contribution in [1.82, 2.24) is 0 Å². The van der Waals surface area contributed by atoms with Crippen LogP contribution in [0.3, 0.4) is 0 Å². The number of Topliss-reactive ketones (excluding diaryl/α,β-unsaturated/α-hetero) is 1. The van der Waals surface area contributed by atoms with Crippen molar-refractivity contribution in [3.63, 3.8) is 0 Å². The molecule has 9 heteroatoms. The Morgan fingerprint density at radius 2 is 1.11 bits per heavy atom. The molecule has 0 aliphatic heterocycles. The zero-order chi connectivity index (χ0) is 14.0. The Morgan fingerprint density at radius 3 is 1.61 bits per heavy atom. The van der Waals surface area contributed by atoms with E-state index in [1.807, 2.05) is 0 Å². The summed E-state index contributed by atoms with van der Waals surface area (Å²) in [5.74, 6) is -24.3. The fraction of sp³-hybridized carbons (Fsp3) is 0.222. The van der Waals surface area contributed by atoms with Gasteiger partial charge in [-0.25, -0.2) is 17.6 Å². The van der Waals surface area contributed by atoms with E-state index in [1.165, 1.54) is 0 Å². The van der Waals surface area contributed by atoms with E-state index >= 15 is 0 Å². The first-order valence-electron chi connectivity index (χ1n) is 4.22. The summed E-state index contributed by atoms with van der Waals surface area (Å²) in [4.78, 5) is 10.8. The third-order valence-corrected chi connectivity index (χ3v) is 2.49. The van der Waals surface area contributed by atoms with Crippen LogP contribution in [0.1, 0.15) is 15.9 Å². The molecule has 0 radical (unpaired) electrons. The van der Waals surface area contributed by atoms with Gasteiger partial charge in [0.15, 0.2) is 23.3 Å². The molecule has 0 amide bonds. The monoisotopic (exact) mass is 276 g/mol. The van der Waals surface area contributed by atoms with E-state index in [0.29, 0.717) is 0 Å². The van der Waals surface area contributed by atoms with Crippen molar-refractivity contribution in [3.05, 3.63) is 34.4 Å². The van der Waals surface area contributed by atoms with Gasteiger partial charge in [0.25, 0.3) is 0 Å². The minimum Gasteiger partial charge on any atom is -0.287 e. The van der Waals surface area contributed by atoms with Crippen molar-refractivity contribution in [1.29, 1.82) is 0 Å². The van der Waals surface area contributed by atoms with E-state index in [1.54, 1.807) is 0 Å². The lowest BCUT2D eigenvalue weighted by Gasteiger charge is -2.17. The molecule has 0 aromatic heterocycles. The van der Waals surface area contributed by atoms with Crippen LogP contribution in [0.25, 0.3) is 0 Å². The molecule has 1 aliphatic carbocycles. The van der Waals surface area contributed by atoms with Crippen LogP contribution in [-0.2, 0) is 5.92 Å². The molecule has 0 bridgehead atoms. The molecule has 2 rings (SSSR count). The summed E-state index contributed by atoms with van der Waals surface area (Å²) in [6.07, 6.45) is 0. The molecule has 0 unspecified atom stereocenters. The van der Waals surface area contributed by atoms with Crippen LogP contribution in [0, 0.1) is 23.3 Å². The van der Waals surface area contributed by atoms with E-state index in [-0.39, 0.29) is 0 Å². The number of hydrogen-bond acceptors (Lipinski definition) is 1. The largest absolute Gasteiger partial charge is 0.376 e. The highest BCUT2D eigenvalue weighted by Crippen LogP contribution is 2.53. The Balaban J connectivity index is 2.98. The molecule has 0 spiro atoms. The topological polar surface area (TPSA) is 17.1 Å². The maximum Gasteiger partial charge on any atom is 0.376 e. The fourth-order valence-electron chi connectivity index (χ4n) is 1.60. The second-order valence-corrected chi connectivity index (χ2v) is 3.48. The predicted octanol–water partition coefficient (Wildman–Crippen LogP) is 3.17. The number of rotatable bonds is 0. The highest BCUT2D eigenvalue weighted by atomic mass is 19.3. The number of hydrogen-bond donors (Lipinski definition) is 0. The first-order chi connectivity index (χ1) is 8.05. The number of carbonyl (C=O) groups is 1. The van der Waals surface area contributed by atoms with Crippen molar-refractivity contribution in [3.8, 4) is 0 Å². The molecule has 0 saturated carbocycles. The zero-order valence-electron chi connectivity index (χ0n) is 7.93. The smallest absolute Gasteiger partial charge is 0.287 e. The number of benzene rings is 1. The van der Waals surface area contributed by atoms with Crippen molar-refractivity contribution < 1.29 is 39.9 Å². The lowest BCUT2D eigenvalue weighted by Crippen LogP contribution is -2.38. The quantitative estimate of drug-likeness (QED) is 0.404. The van der Waals surface area contributed by atoms with Crippen LogP contribution in [0.5, 0.6) is 0 Å². The summed E-state index contributed by atoms with van der Waals surface area (Å²) in [6.45, 7) is 0. The highest BCUT2D eigenvalue weighted by Gasteiger charge is 2.71. The van der Waals surface area contributed by atoms with Gasteiger partial charge in [0, 0.05) is 0 Å². The molecule has 0 saturated heterocycles. The van der Waals surface area contributed by atoms with E-state index in [2.05, 4.69) is 0 Å². The molecule has 0 heterocycles. The molecule has 0 fully saturated rings. The first kappa shape index (κ1) is 12.8. The molecule has 18 heavy (non-hydrogen) atoms. The molecule has 1 aromatic carbocycles.